The molecule has 16 heavy (non-hydrogen) atoms. The van der Waals surface area contributed by atoms with Crippen LogP contribution in [0.2, 0.25) is 0 Å². The van der Waals surface area contributed by atoms with Crippen LogP contribution in [0.4, 0.5) is 0 Å². The van der Waals surface area contributed by atoms with Gasteiger partial charge in [-0.05, 0) is 41.5 Å². The van der Waals surface area contributed by atoms with E-state index in [1.165, 1.54) is 29.3 Å². The van der Waals surface area contributed by atoms with Crippen LogP contribution in [0.5, 0.6) is 5.75 Å². The number of hydrogen-bond donors (Lipinski definition) is 1. The third kappa shape index (κ3) is 5.70. The molecule has 0 saturated heterocycles. The van der Waals surface area contributed by atoms with Gasteiger partial charge in [0.25, 0.3) is 0 Å². The maximum absolute atomic E-state index is 5.19. The lowest BCUT2D eigenvalue weighted by Gasteiger charge is -2.06. The molecule has 0 heterocycles. The number of nitrogens with one attached hydrogen (secondary N) is 1. The Labute approximate surface area is 112 Å². The predicted octanol–water partition coefficient (Wildman–Crippen LogP) is 3.39. The lowest BCUT2D eigenvalue weighted by atomic mass is 10.2. The lowest BCUT2D eigenvalue weighted by Crippen LogP contribution is -2.14. The first-order chi connectivity index (χ1) is 7.86. The summed E-state index contributed by atoms with van der Waals surface area (Å²) < 4.78 is 6.46. The fourth-order valence-corrected chi connectivity index (χ4v) is 2.08. The van der Waals surface area contributed by atoms with Crippen LogP contribution in [-0.4, -0.2) is 18.1 Å². The molecule has 0 aliphatic heterocycles. The molecule has 0 spiro atoms. The van der Waals surface area contributed by atoms with Crippen molar-refractivity contribution >= 4 is 22.6 Å². The van der Waals surface area contributed by atoms with Crippen LogP contribution in [0.15, 0.2) is 24.3 Å². The summed E-state index contributed by atoms with van der Waals surface area (Å²) in [6.07, 6.45) is 3.93. The van der Waals surface area contributed by atoms with E-state index in [2.05, 4.69) is 40.0 Å². The van der Waals surface area contributed by atoms with Crippen LogP contribution < -0.4 is 10.1 Å². The Morgan fingerprint density at radius 3 is 2.88 bits per heavy atom. The molecule has 0 bridgehead atoms. The van der Waals surface area contributed by atoms with Crippen molar-refractivity contribution in [3.8, 4) is 5.75 Å². The molecule has 0 amide bonds. The molecule has 0 unspecified atom stereocenters. The molecule has 0 aliphatic carbocycles. The largest absolute Gasteiger partial charge is 0.497 e. The van der Waals surface area contributed by atoms with Crippen LogP contribution in [0.3, 0.4) is 0 Å². The summed E-state index contributed by atoms with van der Waals surface area (Å²) in [5, 5.41) is 3.45. The molecule has 1 N–H and O–H groups in total. The second kappa shape index (κ2) is 8.82. The van der Waals surface area contributed by atoms with E-state index in [-0.39, 0.29) is 0 Å². The molecule has 0 radical (unpaired) electrons. The van der Waals surface area contributed by atoms with Crippen molar-refractivity contribution in [2.24, 2.45) is 0 Å². The SMILES string of the molecule is COc1cccc(CNCCCCCI)c1. The molecule has 1 aromatic rings. The minimum Gasteiger partial charge on any atom is -0.497 e. The summed E-state index contributed by atoms with van der Waals surface area (Å²) in [5.74, 6) is 0.934. The molecule has 0 aliphatic rings. The summed E-state index contributed by atoms with van der Waals surface area (Å²) in [4.78, 5) is 0. The highest BCUT2D eigenvalue weighted by atomic mass is 127. The highest BCUT2D eigenvalue weighted by molar-refractivity contribution is 14.1. The zero-order valence-corrected chi connectivity index (χ0v) is 12.0. The average molecular weight is 333 g/mol. The average Bonchev–Trinajstić information content (AvgIpc) is 2.34. The van der Waals surface area contributed by atoms with Gasteiger partial charge in [0.1, 0.15) is 5.75 Å². The number of methoxy groups -OCH3 is 1. The summed E-state index contributed by atoms with van der Waals surface area (Å²) in [6.45, 7) is 2.04. The second-order valence-corrected chi connectivity index (χ2v) is 4.86. The van der Waals surface area contributed by atoms with Crippen molar-refractivity contribution in [3.05, 3.63) is 29.8 Å². The number of ether oxygens (including phenoxy) is 1. The van der Waals surface area contributed by atoms with Crippen LogP contribution in [-0.2, 0) is 6.54 Å². The van der Waals surface area contributed by atoms with E-state index in [4.69, 9.17) is 4.74 Å². The van der Waals surface area contributed by atoms with Gasteiger partial charge in [0.05, 0.1) is 7.11 Å². The molecule has 0 atom stereocenters. The smallest absolute Gasteiger partial charge is 0.119 e. The number of alkyl halides is 1. The number of halogens is 1. The standard InChI is InChI=1S/C13H20INO/c1-16-13-7-5-6-12(10-13)11-15-9-4-2-3-8-14/h5-7,10,15H,2-4,8-9,11H2,1H3. The predicted molar refractivity (Wildman–Crippen MR) is 77.4 cm³/mol. The molecular formula is C13H20INO. The molecule has 90 valence electrons. The zero-order valence-electron chi connectivity index (χ0n) is 9.84. The van der Waals surface area contributed by atoms with Crippen LogP contribution in [0, 0.1) is 0 Å². The summed E-state index contributed by atoms with van der Waals surface area (Å²) in [7, 11) is 1.70. The maximum atomic E-state index is 5.19. The van der Waals surface area contributed by atoms with E-state index in [0.717, 1.165) is 18.8 Å². The molecular weight excluding hydrogens is 313 g/mol. The van der Waals surface area contributed by atoms with Crippen LogP contribution in [0.1, 0.15) is 24.8 Å². The van der Waals surface area contributed by atoms with Crippen molar-refractivity contribution in [1.82, 2.24) is 5.32 Å². The summed E-state index contributed by atoms with van der Waals surface area (Å²) in [6, 6.07) is 8.22. The Bertz CT molecular complexity index is 291. The Morgan fingerprint density at radius 1 is 1.25 bits per heavy atom. The minimum atomic E-state index is 0.932. The fraction of sp³-hybridized carbons (Fsp3) is 0.538. The van der Waals surface area contributed by atoms with Crippen LogP contribution in [0.25, 0.3) is 0 Å². The van der Waals surface area contributed by atoms with Gasteiger partial charge in [-0.3, -0.25) is 0 Å². The van der Waals surface area contributed by atoms with E-state index in [1.807, 2.05) is 12.1 Å². The first-order valence-electron chi connectivity index (χ1n) is 5.76. The van der Waals surface area contributed by atoms with Crippen molar-refractivity contribution in [2.45, 2.75) is 25.8 Å². The highest BCUT2D eigenvalue weighted by Crippen LogP contribution is 2.12. The Morgan fingerprint density at radius 2 is 2.12 bits per heavy atom. The minimum absolute atomic E-state index is 0.932. The Balaban J connectivity index is 2.16. The Hall–Kier alpha value is -0.290. The summed E-state index contributed by atoms with van der Waals surface area (Å²) >= 11 is 2.43. The van der Waals surface area contributed by atoms with Gasteiger partial charge in [0.2, 0.25) is 0 Å². The van der Waals surface area contributed by atoms with Gasteiger partial charge in [-0.15, -0.1) is 0 Å². The Kier molecular flexibility index (Phi) is 7.59. The van der Waals surface area contributed by atoms with Gasteiger partial charge in [0.15, 0.2) is 0 Å². The number of unbranched alkanes of at least 4 members (excludes halogenated alkanes) is 2. The van der Waals surface area contributed by atoms with Gasteiger partial charge >= 0.3 is 0 Å². The number of hydrogen-bond acceptors (Lipinski definition) is 2. The second-order valence-electron chi connectivity index (χ2n) is 3.78. The number of benzene rings is 1. The zero-order chi connectivity index (χ0) is 11.6. The molecule has 2 nitrogen and oxygen atoms in total. The van der Waals surface area contributed by atoms with E-state index >= 15 is 0 Å². The molecule has 1 aromatic carbocycles. The van der Waals surface area contributed by atoms with E-state index in [9.17, 15) is 0 Å². The topological polar surface area (TPSA) is 21.3 Å². The summed E-state index contributed by atoms with van der Waals surface area (Å²) in [5.41, 5.74) is 1.29. The maximum Gasteiger partial charge on any atom is 0.119 e. The van der Waals surface area contributed by atoms with E-state index in [1.54, 1.807) is 7.11 Å². The van der Waals surface area contributed by atoms with Crippen molar-refractivity contribution in [1.29, 1.82) is 0 Å². The third-order valence-electron chi connectivity index (χ3n) is 2.45. The van der Waals surface area contributed by atoms with Crippen LogP contribution >= 0.6 is 22.6 Å². The van der Waals surface area contributed by atoms with Gasteiger partial charge in [0, 0.05) is 6.54 Å². The van der Waals surface area contributed by atoms with Crippen molar-refractivity contribution in [3.63, 3.8) is 0 Å². The van der Waals surface area contributed by atoms with E-state index < -0.39 is 0 Å². The first-order valence-corrected chi connectivity index (χ1v) is 7.29. The normalized spacial score (nSPS) is 10.4. The fourth-order valence-electron chi connectivity index (χ4n) is 1.54. The first kappa shape index (κ1) is 13.8. The third-order valence-corrected chi connectivity index (χ3v) is 3.21. The quantitative estimate of drug-likeness (QED) is 0.447. The van der Waals surface area contributed by atoms with Crippen molar-refractivity contribution in [2.75, 3.05) is 18.1 Å². The molecule has 0 saturated carbocycles. The molecule has 1 rings (SSSR count). The number of rotatable bonds is 8. The molecule has 3 heteroatoms. The lowest BCUT2D eigenvalue weighted by molar-refractivity contribution is 0.414. The van der Waals surface area contributed by atoms with Gasteiger partial charge in [-0.2, -0.15) is 0 Å². The van der Waals surface area contributed by atoms with Gasteiger partial charge < -0.3 is 10.1 Å². The molecule has 0 fully saturated rings. The van der Waals surface area contributed by atoms with Crippen molar-refractivity contribution < 1.29 is 4.74 Å². The van der Waals surface area contributed by atoms with Gasteiger partial charge in [-0.1, -0.05) is 41.1 Å². The van der Waals surface area contributed by atoms with Gasteiger partial charge in [-0.25, -0.2) is 0 Å². The monoisotopic (exact) mass is 333 g/mol. The molecule has 0 aromatic heterocycles. The highest BCUT2D eigenvalue weighted by Gasteiger charge is 1.95. The van der Waals surface area contributed by atoms with E-state index in [0.29, 0.717) is 0 Å².